The number of carbonyl (C=O) groups excluding carboxylic acids is 3. The molecule has 0 spiro atoms. The van der Waals surface area contributed by atoms with Crippen molar-refractivity contribution in [3.63, 3.8) is 0 Å². The number of nitrogens with one attached hydrogen (secondary N) is 1. The Morgan fingerprint density at radius 1 is 0.960 bits per heavy atom. The fourth-order valence-corrected chi connectivity index (χ4v) is 1.58. The first-order valence-corrected chi connectivity index (χ1v) is 7.38. The molecule has 13 nitrogen and oxygen atoms in total. The maximum Gasteiger partial charge on any atom is 0.329 e. The summed E-state index contributed by atoms with van der Waals surface area (Å²) in [5.74, 6) is -1.31. The summed E-state index contributed by atoms with van der Waals surface area (Å²) in [6, 6.07) is -1.13. The van der Waals surface area contributed by atoms with Gasteiger partial charge in [-0.1, -0.05) is 0 Å². The molecule has 0 aliphatic heterocycles. The van der Waals surface area contributed by atoms with Crippen LogP contribution in [0.2, 0.25) is 0 Å². The van der Waals surface area contributed by atoms with Crippen molar-refractivity contribution in [1.29, 1.82) is 0 Å². The van der Waals surface area contributed by atoms with Crippen LogP contribution in [0.15, 0.2) is 0 Å². The molecule has 0 aliphatic rings. The van der Waals surface area contributed by atoms with E-state index in [1.807, 2.05) is 0 Å². The van der Waals surface area contributed by atoms with Crippen LogP contribution in [0.3, 0.4) is 0 Å². The third-order valence-corrected chi connectivity index (χ3v) is 2.70. The highest BCUT2D eigenvalue weighted by molar-refractivity contribution is 5.86. The van der Waals surface area contributed by atoms with Crippen LogP contribution < -0.4 is 5.32 Å². The Bertz CT molecular complexity index is 393. The third-order valence-electron chi connectivity index (χ3n) is 2.70. The van der Waals surface area contributed by atoms with E-state index in [0.717, 1.165) is 0 Å². The van der Waals surface area contributed by atoms with E-state index >= 15 is 0 Å². The summed E-state index contributed by atoms with van der Waals surface area (Å²) >= 11 is 0. The van der Waals surface area contributed by atoms with Gasteiger partial charge in [0.25, 0.3) is 0 Å². The van der Waals surface area contributed by atoms with Crippen LogP contribution in [0, 0.1) is 0 Å². The molecule has 0 aromatic carbocycles. The average molecular weight is 369 g/mol. The van der Waals surface area contributed by atoms with Gasteiger partial charge in [-0.3, -0.25) is 35.3 Å². The van der Waals surface area contributed by atoms with Crippen molar-refractivity contribution in [3.8, 4) is 0 Å². The molecule has 25 heavy (non-hydrogen) atoms. The van der Waals surface area contributed by atoms with Gasteiger partial charge in [-0.2, -0.15) is 0 Å². The topological polar surface area (TPSA) is 178 Å². The van der Waals surface area contributed by atoms with E-state index in [-0.39, 0.29) is 39.1 Å². The molecule has 0 saturated carbocycles. The number of hydrogen-bond acceptors (Lipinski definition) is 12. The van der Waals surface area contributed by atoms with Crippen LogP contribution in [-0.4, -0.2) is 75.6 Å². The highest BCUT2D eigenvalue weighted by Gasteiger charge is 2.21. The molecule has 0 heterocycles. The fraction of sp³-hybridized carbons (Fsp3) is 0.750. The predicted octanol–water partition coefficient (Wildman–Crippen LogP) is -0.812. The molecule has 0 aromatic rings. The van der Waals surface area contributed by atoms with E-state index < -0.39 is 28.7 Å². The zero-order chi connectivity index (χ0) is 19.1. The average Bonchev–Trinajstić information content (AvgIpc) is 2.53. The number of nitrogens with zero attached hydrogens (tertiary/aromatic N) is 2. The zero-order valence-electron chi connectivity index (χ0n) is 13.4. The third kappa shape index (κ3) is 14.3. The molecule has 0 rings (SSSR count). The van der Waals surface area contributed by atoms with Gasteiger partial charge in [0.1, 0.15) is 12.3 Å². The smallest absolute Gasteiger partial charge is 0.329 e. The van der Waals surface area contributed by atoms with E-state index in [9.17, 15) is 14.4 Å². The Labute approximate surface area is 143 Å². The summed E-state index contributed by atoms with van der Waals surface area (Å²) in [5.41, 5.74) is 0. The van der Waals surface area contributed by atoms with Gasteiger partial charge in [0.2, 0.25) is 5.91 Å². The number of aldehydes is 1. The minimum Gasteiger partial charge on any atom is -0.464 e. The highest BCUT2D eigenvalue weighted by atomic mass is 17.1. The van der Waals surface area contributed by atoms with Crippen LogP contribution >= 0.6 is 0 Å². The first-order valence-electron chi connectivity index (χ1n) is 7.38. The zero-order valence-corrected chi connectivity index (χ0v) is 13.4. The minimum absolute atomic E-state index is 0.000230. The van der Waals surface area contributed by atoms with Crippen LogP contribution in [0.4, 0.5) is 0 Å². The molecule has 0 aliphatic carbocycles. The summed E-state index contributed by atoms with van der Waals surface area (Å²) in [7, 11) is 0. The molecule has 0 fully saturated rings. The molecule has 0 saturated heterocycles. The number of amides is 1. The molecule has 146 valence electrons. The molecule has 0 aromatic heterocycles. The fourth-order valence-electron chi connectivity index (χ4n) is 1.58. The standard InChI is InChI=1S/C12H23N3O10/c16-6-5-10(13-11(17)4-3-9-25-15(21)22)12(18)23-7-1-2-8-24-14(19)20/h6,10,19-22H,1-5,7-9H2,(H,13,17). The van der Waals surface area contributed by atoms with Gasteiger partial charge in [-0.25, -0.2) is 4.79 Å². The lowest BCUT2D eigenvalue weighted by Gasteiger charge is -2.15. The van der Waals surface area contributed by atoms with E-state index in [4.69, 9.17) is 25.6 Å². The van der Waals surface area contributed by atoms with Crippen molar-refractivity contribution < 1.29 is 49.6 Å². The second-order valence-electron chi connectivity index (χ2n) is 4.67. The van der Waals surface area contributed by atoms with E-state index in [2.05, 4.69) is 15.0 Å². The van der Waals surface area contributed by atoms with Crippen molar-refractivity contribution in [3.05, 3.63) is 0 Å². The van der Waals surface area contributed by atoms with Gasteiger partial charge in [0.15, 0.2) is 0 Å². The Balaban J connectivity index is 4.01. The molecule has 5 N–H and O–H groups in total. The van der Waals surface area contributed by atoms with Crippen molar-refractivity contribution in [2.75, 3.05) is 19.8 Å². The van der Waals surface area contributed by atoms with Crippen molar-refractivity contribution in [2.45, 2.75) is 38.1 Å². The van der Waals surface area contributed by atoms with Gasteiger partial charge >= 0.3 is 5.97 Å². The molecular weight excluding hydrogens is 346 g/mol. The van der Waals surface area contributed by atoms with E-state index in [1.54, 1.807) is 0 Å². The lowest BCUT2D eigenvalue weighted by atomic mass is 10.2. The van der Waals surface area contributed by atoms with Gasteiger partial charge in [0, 0.05) is 12.8 Å². The Morgan fingerprint density at radius 2 is 1.52 bits per heavy atom. The first kappa shape index (κ1) is 23.3. The molecule has 1 atom stereocenters. The van der Waals surface area contributed by atoms with Gasteiger partial charge in [-0.15, -0.1) is 0 Å². The van der Waals surface area contributed by atoms with Gasteiger partial charge < -0.3 is 14.8 Å². The monoisotopic (exact) mass is 369 g/mol. The summed E-state index contributed by atoms with van der Waals surface area (Å²) in [4.78, 5) is 42.7. The second-order valence-corrected chi connectivity index (χ2v) is 4.67. The van der Waals surface area contributed by atoms with E-state index in [0.29, 0.717) is 19.1 Å². The Hall–Kier alpha value is -1.71. The molecule has 0 bridgehead atoms. The van der Waals surface area contributed by atoms with E-state index in [1.165, 1.54) is 0 Å². The number of esters is 1. The van der Waals surface area contributed by atoms with Gasteiger partial charge in [0.05, 0.1) is 30.6 Å². The van der Waals surface area contributed by atoms with Crippen LogP contribution in [-0.2, 0) is 28.8 Å². The number of ether oxygens (including phenoxy) is 1. The molecule has 1 amide bonds. The van der Waals surface area contributed by atoms with Crippen molar-refractivity contribution in [2.24, 2.45) is 0 Å². The summed E-state index contributed by atoms with van der Waals surface area (Å²) in [6.07, 6.45) is 1.05. The molecule has 0 radical (unpaired) electrons. The molecular formula is C12H23N3O10. The second kappa shape index (κ2) is 14.6. The maximum atomic E-state index is 11.8. The summed E-state index contributed by atoms with van der Waals surface area (Å²) < 4.78 is 4.92. The van der Waals surface area contributed by atoms with Crippen LogP contribution in [0.25, 0.3) is 0 Å². The van der Waals surface area contributed by atoms with Crippen LogP contribution in [0.5, 0.6) is 0 Å². The predicted molar refractivity (Wildman–Crippen MR) is 74.8 cm³/mol. The Morgan fingerprint density at radius 3 is 2.08 bits per heavy atom. The number of rotatable bonds is 15. The van der Waals surface area contributed by atoms with Crippen molar-refractivity contribution in [1.82, 2.24) is 16.1 Å². The number of unbranched alkanes of at least 4 members (excludes halogenated alkanes) is 1. The van der Waals surface area contributed by atoms with Crippen molar-refractivity contribution >= 4 is 18.2 Å². The highest BCUT2D eigenvalue weighted by Crippen LogP contribution is 2.00. The normalized spacial score (nSPS) is 12.2. The number of hydrogen-bond donors (Lipinski definition) is 5. The largest absolute Gasteiger partial charge is 0.464 e. The minimum atomic E-state index is -1.13. The quantitative estimate of drug-likeness (QED) is 0.105. The van der Waals surface area contributed by atoms with Gasteiger partial charge in [-0.05, 0) is 19.3 Å². The lowest BCUT2D eigenvalue weighted by molar-refractivity contribution is -0.492. The molecule has 13 heteroatoms. The Kier molecular flexibility index (Phi) is 13.6. The number of carbonyl (C=O) groups is 3. The lowest BCUT2D eigenvalue weighted by Crippen LogP contribution is -2.42. The maximum absolute atomic E-state index is 11.8. The molecule has 1 unspecified atom stereocenters. The van der Waals surface area contributed by atoms with Crippen LogP contribution in [0.1, 0.15) is 32.1 Å². The SMILES string of the molecule is O=CCC(NC(=O)CCCON(O)O)C(=O)OCCCCON(O)O. The first-order chi connectivity index (χ1) is 11.9. The summed E-state index contributed by atoms with van der Waals surface area (Å²) in [6.45, 7) is -0.133. The summed E-state index contributed by atoms with van der Waals surface area (Å²) in [5, 5.41) is 34.6.